The molecule has 11 nitrogen and oxygen atoms in total. The van der Waals surface area contributed by atoms with Crippen LogP contribution in [0.1, 0.15) is 11.1 Å². The SMILES string of the molecule is COC(=O)CN1CCN(c2ccc3c(=O)nc4c(S(=O)(=O)c5ccc(C)cc5C)n[nH]n4c3c2)CC1. The number of nitrogens with one attached hydrogen (secondary N) is 1. The molecule has 2 aromatic heterocycles. The number of nitrogens with zero attached hydrogens (tertiary/aromatic N) is 5. The normalized spacial score (nSPS) is 15.0. The number of benzene rings is 2. The summed E-state index contributed by atoms with van der Waals surface area (Å²) < 4.78 is 33.1. The van der Waals surface area contributed by atoms with Crippen molar-refractivity contribution in [2.45, 2.75) is 23.8 Å². The second kappa shape index (κ2) is 9.03. The van der Waals surface area contributed by atoms with Crippen molar-refractivity contribution in [3.63, 3.8) is 0 Å². The van der Waals surface area contributed by atoms with E-state index in [2.05, 4.69) is 20.2 Å². The predicted molar refractivity (Wildman–Crippen MR) is 133 cm³/mol. The van der Waals surface area contributed by atoms with Gasteiger partial charge in [0.1, 0.15) is 0 Å². The van der Waals surface area contributed by atoms with Crippen LogP contribution in [0.2, 0.25) is 0 Å². The van der Waals surface area contributed by atoms with Crippen molar-refractivity contribution in [2.75, 3.05) is 44.7 Å². The summed E-state index contributed by atoms with van der Waals surface area (Å²) in [5, 5.41) is 6.86. The number of hydrogen-bond donors (Lipinski definition) is 1. The van der Waals surface area contributed by atoms with E-state index in [0.29, 0.717) is 42.6 Å². The van der Waals surface area contributed by atoms with Crippen molar-refractivity contribution >= 4 is 38.0 Å². The summed E-state index contributed by atoms with van der Waals surface area (Å²) >= 11 is 0. The summed E-state index contributed by atoms with van der Waals surface area (Å²) in [7, 11) is -2.65. The second-order valence-corrected chi connectivity index (χ2v) is 10.7. The molecule has 0 bridgehead atoms. The first kappa shape index (κ1) is 23.9. The van der Waals surface area contributed by atoms with Gasteiger partial charge < -0.3 is 9.64 Å². The number of carbonyl (C=O) groups excluding carboxylic acids is 1. The molecule has 3 heterocycles. The van der Waals surface area contributed by atoms with Crippen LogP contribution in [0.15, 0.2) is 51.1 Å². The fourth-order valence-electron chi connectivity index (χ4n) is 4.59. The summed E-state index contributed by atoms with van der Waals surface area (Å²) in [6.07, 6.45) is 0. The highest BCUT2D eigenvalue weighted by atomic mass is 32.2. The van der Waals surface area contributed by atoms with Crippen LogP contribution in [0, 0.1) is 13.8 Å². The molecule has 0 aliphatic carbocycles. The third-order valence-electron chi connectivity index (χ3n) is 6.51. The first-order valence-electron chi connectivity index (χ1n) is 11.5. The average molecular weight is 511 g/mol. The molecule has 1 fully saturated rings. The van der Waals surface area contributed by atoms with E-state index in [9.17, 15) is 18.0 Å². The van der Waals surface area contributed by atoms with Crippen LogP contribution < -0.4 is 10.5 Å². The molecule has 5 rings (SSSR count). The molecule has 0 radical (unpaired) electrons. The van der Waals surface area contributed by atoms with E-state index in [1.165, 1.54) is 11.6 Å². The Morgan fingerprint density at radius 2 is 1.83 bits per heavy atom. The lowest BCUT2D eigenvalue weighted by Crippen LogP contribution is -2.48. The maximum atomic E-state index is 13.4. The molecule has 0 spiro atoms. The Labute approximate surface area is 207 Å². The van der Waals surface area contributed by atoms with Crippen molar-refractivity contribution < 1.29 is 17.9 Å². The number of H-pyrrole nitrogens is 1. The van der Waals surface area contributed by atoms with Crippen molar-refractivity contribution in [2.24, 2.45) is 0 Å². The molecule has 12 heteroatoms. The Balaban J connectivity index is 1.54. The molecule has 1 aliphatic rings. The second-order valence-electron chi connectivity index (χ2n) is 8.91. The van der Waals surface area contributed by atoms with Crippen molar-refractivity contribution in [1.29, 1.82) is 0 Å². The number of anilines is 1. The van der Waals surface area contributed by atoms with Gasteiger partial charge in [0.2, 0.25) is 14.9 Å². The zero-order valence-electron chi connectivity index (χ0n) is 20.2. The Hall–Kier alpha value is -3.77. The van der Waals surface area contributed by atoms with E-state index < -0.39 is 15.4 Å². The summed E-state index contributed by atoms with van der Waals surface area (Å²) in [4.78, 5) is 32.8. The number of rotatable bonds is 5. The van der Waals surface area contributed by atoms with E-state index in [1.54, 1.807) is 31.2 Å². The summed E-state index contributed by atoms with van der Waals surface area (Å²) in [6.45, 7) is 6.58. The van der Waals surface area contributed by atoms with Crippen LogP contribution in [0.25, 0.3) is 16.6 Å². The zero-order valence-corrected chi connectivity index (χ0v) is 21.0. The number of hydrogen-bond acceptors (Lipinski definition) is 9. The van der Waals surface area contributed by atoms with E-state index >= 15 is 0 Å². The fourth-order valence-corrected chi connectivity index (χ4v) is 6.07. The van der Waals surface area contributed by atoms with Gasteiger partial charge in [-0.25, -0.2) is 18.1 Å². The number of piperazine rings is 1. The number of fused-ring (bicyclic) bond motifs is 3. The van der Waals surface area contributed by atoms with E-state index in [1.807, 2.05) is 24.0 Å². The summed E-state index contributed by atoms with van der Waals surface area (Å²) in [5.74, 6) is -0.269. The average Bonchev–Trinajstić information content (AvgIpc) is 3.29. The van der Waals surface area contributed by atoms with Crippen LogP contribution in [0.3, 0.4) is 0 Å². The van der Waals surface area contributed by atoms with Gasteiger partial charge in [0.15, 0.2) is 5.65 Å². The van der Waals surface area contributed by atoms with Gasteiger partial charge in [0.05, 0.1) is 29.5 Å². The van der Waals surface area contributed by atoms with Crippen molar-refractivity contribution in [3.05, 3.63) is 57.9 Å². The molecular formula is C24H26N6O5S. The minimum absolute atomic E-state index is 0.0486. The Bertz CT molecular complexity index is 1650. The molecule has 0 unspecified atom stereocenters. The number of ether oxygens (including phenoxy) is 1. The van der Waals surface area contributed by atoms with Crippen LogP contribution in [0.4, 0.5) is 5.69 Å². The highest BCUT2D eigenvalue weighted by Crippen LogP contribution is 2.27. The van der Waals surface area contributed by atoms with Crippen molar-refractivity contribution in [1.82, 2.24) is 24.7 Å². The van der Waals surface area contributed by atoms with Crippen LogP contribution in [-0.2, 0) is 19.4 Å². The van der Waals surface area contributed by atoms with Gasteiger partial charge in [-0.15, -0.1) is 5.10 Å². The number of esters is 1. The topological polar surface area (TPSA) is 130 Å². The van der Waals surface area contributed by atoms with Crippen LogP contribution in [0.5, 0.6) is 0 Å². The smallest absolute Gasteiger partial charge is 0.319 e. The number of aromatic nitrogens is 4. The van der Waals surface area contributed by atoms with Gasteiger partial charge in [-0.2, -0.15) is 4.98 Å². The van der Waals surface area contributed by atoms with Gasteiger partial charge in [-0.05, 0) is 43.7 Å². The third-order valence-corrected chi connectivity index (χ3v) is 8.33. The fraction of sp³-hybridized carbons (Fsp3) is 0.333. The molecular weight excluding hydrogens is 484 g/mol. The molecule has 0 saturated carbocycles. The van der Waals surface area contributed by atoms with Gasteiger partial charge in [-0.1, -0.05) is 17.7 Å². The first-order valence-corrected chi connectivity index (χ1v) is 12.9. The minimum Gasteiger partial charge on any atom is -0.468 e. The number of aryl methyl sites for hydroxylation is 2. The van der Waals surface area contributed by atoms with E-state index in [0.717, 1.165) is 11.3 Å². The molecule has 0 amide bonds. The summed E-state index contributed by atoms with van der Waals surface area (Å²) in [5.41, 5.74) is 2.30. The van der Waals surface area contributed by atoms with Gasteiger partial charge in [-0.3, -0.25) is 14.5 Å². The molecule has 1 aliphatic heterocycles. The molecule has 0 atom stereocenters. The van der Waals surface area contributed by atoms with Gasteiger partial charge in [0, 0.05) is 31.9 Å². The standard InChI is InChI=1S/C24H26N6O5S/c1-15-4-7-20(16(2)12-15)36(33,34)24-22-25-23(32)18-6-5-17(13-19(18)30(22)27-26-24)29-10-8-28(9-11-29)14-21(31)35-3/h4-7,12-13,27H,8-11,14H2,1-3H3. The Kier molecular flexibility index (Phi) is 6.00. The molecule has 4 aromatic rings. The number of aromatic amines is 1. The molecule has 36 heavy (non-hydrogen) atoms. The van der Waals surface area contributed by atoms with E-state index in [4.69, 9.17) is 4.74 Å². The first-order chi connectivity index (χ1) is 17.2. The lowest BCUT2D eigenvalue weighted by molar-refractivity contribution is -0.142. The quantitative estimate of drug-likeness (QED) is 0.395. The Morgan fingerprint density at radius 3 is 2.53 bits per heavy atom. The third kappa shape index (κ3) is 4.11. The van der Waals surface area contributed by atoms with Crippen LogP contribution >= 0.6 is 0 Å². The highest BCUT2D eigenvalue weighted by Gasteiger charge is 2.28. The molecule has 1 N–H and O–H groups in total. The number of sulfone groups is 1. The monoisotopic (exact) mass is 510 g/mol. The lowest BCUT2D eigenvalue weighted by Gasteiger charge is -2.35. The van der Waals surface area contributed by atoms with Crippen molar-refractivity contribution in [3.8, 4) is 0 Å². The molecule has 188 valence electrons. The number of carbonyl (C=O) groups is 1. The maximum absolute atomic E-state index is 13.4. The predicted octanol–water partition coefficient (Wildman–Crippen LogP) is 1.32. The largest absolute Gasteiger partial charge is 0.468 e. The highest BCUT2D eigenvalue weighted by molar-refractivity contribution is 7.91. The maximum Gasteiger partial charge on any atom is 0.319 e. The summed E-state index contributed by atoms with van der Waals surface area (Å²) in [6, 6.07) is 10.4. The molecule has 2 aromatic carbocycles. The Morgan fingerprint density at radius 1 is 1.08 bits per heavy atom. The van der Waals surface area contributed by atoms with Gasteiger partial charge in [0.25, 0.3) is 5.56 Å². The zero-order chi connectivity index (χ0) is 25.6. The molecule has 1 saturated heterocycles. The number of methoxy groups -OCH3 is 1. The lowest BCUT2D eigenvalue weighted by atomic mass is 10.2. The minimum atomic E-state index is -4.02. The van der Waals surface area contributed by atoms with E-state index in [-0.39, 0.29) is 28.1 Å². The van der Waals surface area contributed by atoms with Crippen LogP contribution in [-0.4, -0.2) is 78.9 Å². The van der Waals surface area contributed by atoms with Gasteiger partial charge >= 0.3 is 5.97 Å².